The quantitative estimate of drug-likeness (QED) is 0.820. The number of fused-ring (bicyclic) bond motifs is 1. The van der Waals surface area contributed by atoms with E-state index in [0.717, 1.165) is 18.5 Å². The fraction of sp³-hybridized carbons (Fsp3) is 0.545. The third kappa shape index (κ3) is 2.52. The van der Waals surface area contributed by atoms with E-state index in [0.29, 0.717) is 10.9 Å². The molecule has 6 heteroatoms. The van der Waals surface area contributed by atoms with Crippen LogP contribution in [0.4, 0.5) is 0 Å². The molecule has 0 aromatic carbocycles. The molecule has 2 heterocycles. The van der Waals surface area contributed by atoms with E-state index in [1.54, 1.807) is 0 Å². The average Bonchev–Trinajstić information content (AvgIpc) is 2.61. The van der Waals surface area contributed by atoms with Crippen molar-refractivity contribution < 1.29 is 9.90 Å². The minimum Gasteiger partial charge on any atom is -0.481 e. The van der Waals surface area contributed by atoms with Crippen molar-refractivity contribution >= 4 is 17.7 Å². The van der Waals surface area contributed by atoms with Crippen molar-refractivity contribution in [2.24, 2.45) is 0 Å². The van der Waals surface area contributed by atoms with Gasteiger partial charge < -0.3 is 5.11 Å². The average molecular weight is 254 g/mol. The second-order valence-corrected chi connectivity index (χ2v) is 5.04. The molecule has 2 rings (SSSR count). The lowest BCUT2D eigenvalue weighted by molar-refractivity contribution is -0.137. The van der Waals surface area contributed by atoms with Gasteiger partial charge in [0, 0.05) is 17.5 Å². The van der Waals surface area contributed by atoms with E-state index < -0.39 is 5.97 Å². The Bertz CT molecular complexity index is 498. The molecule has 0 saturated carbocycles. The molecule has 0 spiro atoms. The maximum atomic E-state index is 11.9. The Morgan fingerprint density at radius 1 is 1.71 bits per heavy atom. The molecule has 0 unspecified atom stereocenters. The number of hydrogen-bond acceptors (Lipinski definition) is 4. The van der Waals surface area contributed by atoms with Gasteiger partial charge in [-0.2, -0.15) is 0 Å². The number of nitrogens with zero attached hydrogens (tertiary/aromatic N) is 2. The van der Waals surface area contributed by atoms with Crippen molar-refractivity contribution in [2.75, 3.05) is 5.75 Å². The van der Waals surface area contributed by atoms with Gasteiger partial charge in [0.25, 0.3) is 5.56 Å². The Morgan fingerprint density at radius 2 is 2.47 bits per heavy atom. The molecule has 0 bridgehead atoms. The van der Waals surface area contributed by atoms with E-state index in [2.05, 4.69) is 4.98 Å². The summed E-state index contributed by atoms with van der Waals surface area (Å²) in [4.78, 5) is 27.0. The fourth-order valence-corrected chi connectivity index (χ4v) is 3.10. The normalized spacial score (nSPS) is 18.1. The Morgan fingerprint density at radius 3 is 3.12 bits per heavy atom. The number of carboxylic acids is 1. The molecule has 0 fully saturated rings. The van der Waals surface area contributed by atoms with E-state index >= 15 is 0 Å². The van der Waals surface area contributed by atoms with Crippen LogP contribution in [-0.2, 0) is 11.2 Å². The van der Waals surface area contributed by atoms with E-state index in [4.69, 9.17) is 5.11 Å². The largest absolute Gasteiger partial charge is 0.481 e. The lowest BCUT2D eigenvalue weighted by atomic mass is 10.2. The van der Waals surface area contributed by atoms with Crippen LogP contribution >= 0.6 is 11.8 Å². The first-order chi connectivity index (χ1) is 8.11. The maximum absolute atomic E-state index is 11.9. The summed E-state index contributed by atoms with van der Waals surface area (Å²) in [6.45, 7) is 2.03. The van der Waals surface area contributed by atoms with Crippen molar-refractivity contribution in [3.8, 4) is 0 Å². The van der Waals surface area contributed by atoms with Gasteiger partial charge in [-0.1, -0.05) is 25.1 Å². The third-order valence-electron chi connectivity index (χ3n) is 2.66. The molecule has 1 aromatic rings. The second-order valence-electron chi connectivity index (χ2n) is 4.05. The van der Waals surface area contributed by atoms with Gasteiger partial charge in [-0.05, 0) is 6.42 Å². The summed E-state index contributed by atoms with van der Waals surface area (Å²) in [5, 5.41) is 9.44. The SMILES string of the molecule is CCCc1cc(=O)n2c(n1)SC[C@H]2CC(=O)O. The molecule has 5 nitrogen and oxygen atoms in total. The number of carbonyl (C=O) groups is 1. The van der Waals surface area contributed by atoms with Gasteiger partial charge in [0.05, 0.1) is 12.5 Å². The Balaban J connectivity index is 2.34. The number of thioether (sulfide) groups is 1. The molecule has 1 N–H and O–H groups in total. The van der Waals surface area contributed by atoms with Gasteiger partial charge in [-0.25, -0.2) is 4.98 Å². The molecule has 1 aromatic heterocycles. The van der Waals surface area contributed by atoms with Crippen LogP contribution in [0.15, 0.2) is 16.0 Å². The molecule has 1 aliphatic heterocycles. The minimum absolute atomic E-state index is 0.0191. The van der Waals surface area contributed by atoms with Crippen molar-refractivity contribution in [3.63, 3.8) is 0 Å². The zero-order chi connectivity index (χ0) is 12.4. The van der Waals surface area contributed by atoms with Gasteiger partial charge in [0.15, 0.2) is 5.16 Å². The number of carboxylic acid groups (broad SMARTS) is 1. The maximum Gasteiger partial charge on any atom is 0.305 e. The zero-order valence-corrected chi connectivity index (χ0v) is 10.4. The standard InChI is InChI=1S/C11H14N2O3S/c1-2-3-7-4-9(14)13-8(5-10(15)16)6-17-11(13)12-7/h4,8H,2-3,5-6H2,1H3,(H,15,16)/t8-/m1/s1. The van der Waals surface area contributed by atoms with Gasteiger partial charge in [0.1, 0.15) is 0 Å². The van der Waals surface area contributed by atoms with Crippen LogP contribution in [-0.4, -0.2) is 26.4 Å². The highest BCUT2D eigenvalue weighted by atomic mass is 32.2. The summed E-state index contributed by atoms with van der Waals surface area (Å²) in [6, 6.07) is 1.26. The molecular weight excluding hydrogens is 240 g/mol. The van der Waals surface area contributed by atoms with E-state index in [-0.39, 0.29) is 18.0 Å². The summed E-state index contributed by atoms with van der Waals surface area (Å²) in [6.07, 6.45) is 1.71. The van der Waals surface area contributed by atoms with Gasteiger partial charge >= 0.3 is 5.97 Å². The molecule has 1 atom stereocenters. The molecule has 0 saturated heterocycles. The van der Waals surface area contributed by atoms with Crippen LogP contribution in [0, 0.1) is 0 Å². The highest BCUT2D eigenvalue weighted by molar-refractivity contribution is 7.99. The van der Waals surface area contributed by atoms with Crippen molar-refractivity contribution in [3.05, 3.63) is 22.1 Å². The van der Waals surface area contributed by atoms with Crippen LogP contribution in [0.5, 0.6) is 0 Å². The Labute approximate surface area is 103 Å². The van der Waals surface area contributed by atoms with Crippen LogP contribution in [0.3, 0.4) is 0 Å². The molecule has 0 aliphatic carbocycles. The summed E-state index contributed by atoms with van der Waals surface area (Å²) in [5.74, 6) is -0.266. The van der Waals surface area contributed by atoms with Crippen molar-refractivity contribution in [1.82, 2.24) is 9.55 Å². The van der Waals surface area contributed by atoms with Crippen LogP contribution in [0.1, 0.15) is 31.5 Å². The molecular formula is C11H14N2O3S. The molecule has 1 aliphatic rings. The van der Waals surface area contributed by atoms with E-state index in [1.807, 2.05) is 6.92 Å². The summed E-state index contributed by atoms with van der Waals surface area (Å²) in [5.41, 5.74) is 0.668. The minimum atomic E-state index is -0.881. The second kappa shape index (κ2) is 4.91. The summed E-state index contributed by atoms with van der Waals surface area (Å²) < 4.78 is 1.51. The lowest BCUT2D eigenvalue weighted by Crippen LogP contribution is -2.26. The highest BCUT2D eigenvalue weighted by Crippen LogP contribution is 2.31. The molecule has 0 amide bonds. The molecule has 0 radical (unpaired) electrons. The first-order valence-corrected chi connectivity index (χ1v) is 6.57. The predicted octanol–water partition coefficient (Wildman–Crippen LogP) is 1.32. The molecule has 92 valence electrons. The highest BCUT2D eigenvalue weighted by Gasteiger charge is 2.27. The number of aromatic nitrogens is 2. The Kier molecular flexibility index (Phi) is 3.51. The van der Waals surface area contributed by atoms with Crippen LogP contribution in [0.25, 0.3) is 0 Å². The number of aliphatic carboxylic acids is 1. The topological polar surface area (TPSA) is 72.2 Å². The lowest BCUT2D eigenvalue weighted by Gasteiger charge is -2.10. The van der Waals surface area contributed by atoms with Gasteiger partial charge in [0.2, 0.25) is 0 Å². The van der Waals surface area contributed by atoms with Crippen LogP contribution in [0.2, 0.25) is 0 Å². The number of aryl methyl sites for hydroxylation is 1. The van der Waals surface area contributed by atoms with Crippen molar-refractivity contribution in [1.29, 1.82) is 0 Å². The summed E-state index contributed by atoms with van der Waals surface area (Å²) in [7, 11) is 0. The fourth-order valence-electron chi connectivity index (χ4n) is 1.93. The number of hydrogen-bond donors (Lipinski definition) is 1. The zero-order valence-electron chi connectivity index (χ0n) is 9.55. The molecule has 17 heavy (non-hydrogen) atoms. The van der Waals surface area contributed by atoms with Gasteiger partial charge in [-0.15, -0.1) is 0 Å². The third-order valence-corrected chi connectivity index (χ3v) is 3.76. The summed E-state index contributed by atoms with van der Waals surface area (Å²) >= 11 is 1.46. The first-order valence-electron chi connectivity index (χ1n) is 5.59. The predicted molar refractivity (Wildman–Crippen MR) is 64.5 cm³/mol. The van der Waals surface area contributed by atoms with Crippen molar-refractivity contribution in [2.45, 2.75) is 37.4 Å². The van der Waals surface area contributed by atoms with E-state index in [1.165, 1.54) is 22.4 Å². The monoisotopic (exact) mass is 254 g/mol. The smallest absolute Gasteiger partial charge is 0.305 e. The van der Waals surface area contributed by atoms with Crippen LogP contribution < -0.4 is 5.56 Å². The van der Waals surface area contributed by atoms with Gasteiger partial charge in [-0.3, -0.25) is 14.2 Å². The van der Waals surface area contributed by atoms with E-state index in [9.17, 15) is 9.59 Å². The number of rotatable bonds is 4. The first kappa shape index (κ1) is 12.2. The Hall–Kier alpha value is -1.30.